The van der Waals surface area contributed by atoms with Gasteiger partial charge in [-0.15, -0.1) is 0 Å². The zero-order valence-corrected chi connectivity index (χ0v) is 7.98. The second kappa shape index (κ2) is 5.43. The first-order chi connectivity index (χ1) is 5.83. The Morgan fingerprint density at radius 3 is 2.67 bits per heavy atom. The van der Waals surface area contributed by atoms with E-state index in [1.54, 1.807) is 0 Å². The minimum absolute atomic E-state index is 0.0552. The summed E-state index contributed by atoms with van der Waals surface area (Å²) in [5.74, 6) is -0.0584. The number of carbonyl (C=O) groups excluding carboxylic acids is 1. The van der Waals surface area contributed by atoms with Gasteiger partial charge in [-0.25, -0.2) is 0 Å². The third-order valence-corrected chi connectivity index (χ3v) is 2.30. The maximum Gasteiger partial charge on any atom is 0.247 e. The van der Waals surface area contributed by atoms with Crippen molar-refractivity contribution in [2.45, 2.75) is 38.1 Å². The van der Waals surface area contributed by atoms with E-state index in [-0.39, 0.29) is 12.5 Å². The molecule has 0 radical (unpaired) electrons. The van der Waals surface area contributed by atoms with E-state index in [0.717, 1.165) is 12.8 Å². The van der Waals surface area contributed by atoms with E-state index in [2.05, 4.69) is 22.4 Å². The van der Waals surface area contributed by atoms with Gasteiger partial charge < -0.3 is 9.50 Å². The van der Waals surface area contributed by atoms with Gasteiger partial charge in [0.2, 0.25) is 5.91 Å². The molecule has 0 bridgehead atoms. The Morgan fingerprint density at radius 2 is 2.08 bits per heavy atom. The number of hydrogen-bond acceptors (Lipinski definition) is 3. The lowest BCUT2D eigenvalue weighted by atomic mass is 9.95. The molecule has 0 aromatic rings. The van der Waals surface area contributed by atoms with Crippen molar-refractivity contribution in [2.75, 3.05) is 6.61 Å². The smallest absolute Gasteiger partial charge is 0.247 e. The van der Waals surface area contributed by atoms with Crippen LogP contribution in [0.1, 0.15) is 32.1 Å². The topological polar surface area (TPSA) is 38.3 Å². The summed E-state index contributed by atoms with van der Waals surface area (Å²) in [7, 11) is 0. The number of thiol groups is 1. The van der Waals surface area contributed by atoms with Gasteiger partial charge in [-0.2, -0.15) is 0 Å². The summed E-state index contributed by atoms with van der Waals surface area (Å²) in [4.78, 5) is 11.0. The van der Waals surface area contributed by atoms with Gasteiger partial charge in [0.05, 0.1) is 0 Å². The molecule has 0 unspecified atom stereocenters. The highest BCUT2D eigenvalue weighted by atomic mass is 32.1. The molecule has 0 saturated heterocycles. The zero-order valence-electron chi connectivity index (χ0n) is 7.08. The Balaban J connectivity index is 2.15. The fourth-order valence-corrected chi connectivity index (χ4v) is 1.69. The maximum absolute atomic E-state index is 11.0. The van der Waals surface area contributed by atoms with E-state index in [1.807, 2.05) is 0 Å². The first-order valence-electron chi connectivity index (χ1n) is 4.38. The fourth-order valence-electron chi connectivity index (χ4n) is 1.57. The largest absolute Gasteiger partial charge is 0.351 e. The zero-order chi connectivity index (χ0) is 8.81. The van der Waals surface area contributed by atoms with Gasteiger partial charge in [0.25, 0.3) is 0 Å². The van der Waals surface area contributed by atoms with Crippen LogP contribution in [0, 0.1) is 0 Å². The lowest BCUT2D eigenvalue weighted by Crippen LogP contribution is -2.37. The molecule has 4 heteroatoms. The van der Waals surface area contributed by atoms with Crippen molar-refractivity contribution in [1.29, 1.82) is 0 Å². The number of nitrogens with one attached hydrogen (secondary N) is 1. The molecular weight excluding hydrogens is 174 g/mol. The van der Waals surface area contributed by atoms with Gasteiger partial charge in [-0.3, -0.25) is 4.79 Å². The molecular formula is C8H15NO2S. The normalized spacial score (nSPS) is 19.1. The van der Waals surface area contributed by atoms with E-state index in [4.69, 9.17) is 0 Å². The molecule has 12 heavy (non-hydrogen) atoms. The Hall–Kier alpha value is -0.220. The quantitative estimate of drug-likeness (QED) is 0.519. The van der Waals surface area contributed by atoms with E-state index in [0.29, 0.717) is 6.04 Å². The Bertz CT molecular complexity index is 146. The SMILES string of the molecule is O=C(COS)NC1CCCCC1. The summed E-state index contributed by atoms with van der Waals surface area (Å²) < 4.78 is 4.43. The van der Waals surface area contributed by atoms with Crippen molar-refractivity contribution in [1.82, 2.24) is 5.32 Å². The Labute approximate surface area is 78.5 Å². The van der Waals surface area contributed by atoms with Crippen LogP contribution in [0.4, 0.5) is 0 Å². The van der Waals surface area contributed by atoms with Crippen molar-refractivity contribution in [3.05, 3.63) is 0 Å². The summed E-state index contributed by atoms with van der Waals surface area (Å²) in [5, 5.41) is 2.91. The minimum Gasteiger partial charge on any atom is -0.351 e. The molecule has 0 spiro atoms. The number of hydrogen-bond donors (Lipinski definition) is 2. The summed E-state index contributed by atoms with van der Waals surface area (Å²) in [6, 6.07) is 0.370. The molecule has 0 atom stereocenters. The van der Waals surface area contributed by atoms with E-state index in [1.165, 1.54) is 19.3 Å². The molecule has 0 aromatic carbocycles. The molecule has 1 aliphatic rings. The molecule has 1 saturated carbocycles. The van der Waals surface area contributed by atoms with E-state index in [9.17, 15) is 4.79 Å². The lowest BCUT2D eigenvalue weighted by molar-refractivity contribution is -0.123. The third-order valence-electron chi connectivity index (χ3n) is 2.17. The highest BCUT2D eigenvalue weighted by Crippen LogP contribution is 2.17. The average molecular weight is 189 g/mol. The van der Waals surface area contributed by atoms with Crippen LogP contribution in [0.2, 0.25) is 0 Å². The summed E-state index contributed by atoms with van der Waals surface area (Å²) >= 11 is 3.52. The second-order valence-electron chi connectivity index (χ2n) is 3.18. The molecule has 1 aliphatic carbocycles. The van der Waals surface area contributed by atoms with E-state index < -0.39 is 0 Å². The van der Waals surface area contributed by atoms with Crippen LogP contribution < -0.4 is 5.32 Å². The summed E-state index contributed by atoms with van der Waals surface area (Å²) in [6.07, 6.45) is 5.98. The monoisotopic (exact) mass is 189 g/mol. The van der Waals surface area contributed by atoms with Crippen molar-refractivity contribution >= 4 is 18.8 Å². The predicted molar refractivity (Wildman–Crippen MR) is 50.0 cm³/mol. The van der Waals surface area contributed by atoms with Gasteiger partial charge in [0.1, 0.15) is 6.61 Å². The van der Waals surface area contributed by atoms with Crippen LogP contribution in [0.25, 0.3) is 0 Å². The molecule has 1 fully saturated rings. The van der Waals surface area contributed by atoms with Crippen LogP contribution >= 0.6 is 12.9 Å². The van der Waals surface area contributed by atoms with Gasteiger partial charge in [-0.1, -0.05) is 19.3 Å². The highest BCUT2D eigenvalue weighted by Gasteiger charge is 2.14. The maximum atomic E-state index is 11.0. The lowest BCUT2D eigenvalue weighted by Gasteiger charge is -2.22. The average Bonchev–Trinajstić information content (AvgIpc) is 2.06. The number of rotatable bonds is 3. The molecule has 1 N–H and O–H groups in total. The first kappa shape index (κ1) is 9.86. The summed E-state index contributed by atoms with van der Waals surface area (Å²) in [5.41, 5.74) is 0. The van der Waals surface area contributed by atoms with Crippen LogP contribution in [0.15, 0.2) is 0 Å². The van der Waals surface area contributed by atoms with Gasteiger partial charge in [0, 0.05) is 6.04 Å². The summed E-state index contributed by atoms with van der Waals surface area (Å²) in [6.45, 7) is 0.0552. The predicted octanol–water partition coefficient (Wildman–Crippen LogP) is 1.30. The van der Waals surface area contributed by atoms with Crippen LogP contribution in [-0.4, -0.2) is 18.6 Å². The molecule has 1 rings (SSSR count). The molecule has 0 aromatic heterocycles. The van der Waals surface area contributed by atoms with Gasteiger partial charge in [0.15, 0.2) is 0 Å². The van der Waals surface area contributed by atoms with Crippen LogP contribution in [0.3, 0.4) is 0 Å². The second-order valence-corrected chi connectivity index (χ2v) is 3.43. The standard InChI is InChI=1S/C8H15NO2S/c10-8(6-11-12)9-7-4-2-1-3-5-7/h7,12H,1-6H2,(H,9,10). The van der Waals surface area contributed by atoms with Crippen molar-refractivity contribution in [2.24, 2.45) is 0 Å². The van der Waals surface area contributed by atoms with Crippen LogP contribution in [-0.2, 0) is 8.98 Å². The Kier molecular flexibility index (Phi) is 4.46. The molecule has 0 heterocycles. The highest BCUT2D eigenvalue weighted by molar-refractivity contribution is 7.75. The molecule has 70 valence electrons. The molecule has 0 aliphatic heterocycles. The number of amides is 1. The van der Waals surface area contributed by atoms with Crippen molar-refractivity contribution in [3.63, 3.8) is 0 Å². The van der Waals surface area contributed by atoms with Crippen LogP contribution in [0.5, 0.6) is 0 Å². The number of carbonyl (C=O) groups is 1. The Morgan fingerprint density at radius 1 is 1.42 bits per heavy atom. The van der Waals surface area contributed by atoms with Gasteiger partial charge >= 0.3 is 0 Å². The molecule has 3 nitrogen and oxygen atoms in total. The minimum atomic E-state index is -0.0584. The third kappa shape index (κ3) is 3.45. The van der Waals surface area contributed by atoms with E-state index >= 15 is 0 Å². The van der Waals surface area contributed by atoms with Crippen molar-refractivity contribution < 1.29 is 8.98 Å². The van der Waals surface area contributed by atoms with Crippen molar-refractivity contribution in [3.8, 4) is 0 Å². The van der Waals surface area contributed by atoms with Gasteiger partial charge in [-0.05, 0) is 25.8 Å². The molecule has 1 amide bonds. The first-order valence-corrected chi connectivity index (χ1v) is 4.75. The fraction of sp³-hybridized carbons (Fsp3) is 0.875.